The highest BCUT2D eigenvalue weighted by molar-refractivity contribution is 9.10. The summed E-state index contributed by atoms with van der Waals surface area (Å²) < 4.78 is 19.4. The molecule has 2 rings (SSSR count). The van der Waals surface area contributed by atoms with Gasteiger partial charge in [0.15, 0.2) is 0 Å². The van der Waals surface area contributed by atoms with E-state index in [-0.39, 0.29) is 5.82 Å². The summed E-state index contributed by atoms with van der Waals surface area (Å²) in [4.78, 5) is 4.49. The standard InChI is InChI=1S/C16H18BrFN2O/c1-3-4-12-7-11(10-19-2)8-16(20-12)21-13-5-6-15(18)14(17)9-13/h5-9,19H,3-4,10H2,1-2H3. The second-order valence-corrected chi connectivity index (χ2v) is 5.62. The minimum absolute atomic E-state index is 0.314. The molecule has 3 nitrogen and oxygen atoms in total. The van der Waals surface area contributed by atoms with Crippen LogP contribution in [-0.2, 0) is 13.0 Å². The van der Waals surface area contributed by atoms with E-state index in [1.54, 1.807) is 12.1 Å². The van der Waals surface area contributed by atoms with E-state index in [0.29, 0.717) is 16.1 Å². The van der Waals surface area contributed by atoms with Crippen molar-refractivity contribution < 1.29 is 9.13 Å². The maximum atomic E-state index is 13.2. The first-order chi connectivity index (χ1) is 10.1. The van der Waals surface area contributed by atoms with Crippen LogP contribution in [0.5, 0.6) is 11.6 Å². The van der Waals surface area contributed by atoms with Crippen molar-refractivity contribution in [2.75, 3.05) is 7.05 Å². The summed E-state index contributed by atoms with van der Waals surface area (Å²) in [5.74, 6) is 0.774. The van der Waals surface area contributed by atoms with Crippen molar-refractivity contribution in [2.45, 2.75) is 26.3 Å². The molecular weight excluding hydrogens is 335 g/mol. The molecular formula is C16H18BrFN2O. The third kappa shape index (κ3) is 4.51. The number of hydrogen-bond acceptors (Lipinski definition) is 3. The fraction of sp³-hybridized carbons (Fsp3) is 0.312. The molecule has 0 aliphatic carbocycles. The monoisotopic (exact) mass is 352 g/mol. The van der Waals surface area contributed by atoms with E-state index in [0.717, 1.165) is 30.6 Å². The average molecular weight is 353 g/mol. The average Bonchev–Trinajstić information content (AvgIpc) is 2.43. The largest absolute Gasteiger partial charge is 0.439 e. The lowest BCUT2D eigenvalue weighted by atomic mass is 10.1. The van der Waals surface area contributed by atoms with Gasteiger partial charge in [0.05, 0.1) is 4.47 Å². The van der Waals surface area contributed by atoms with Crippen LogP contribution in [-0.4, -0.2) is 12.0 Å². The Morgan fingerprint density at radius 2 is 2.10 bits per heavy atom. The molecule has 0 spiro atoms. The zero-order valence-electron chi connectivity index (χ0n) is 12.1. The molecule has 0 atom stereocenters. The van der Waals surface area contributed by atoms with Crippen molar-refractivity contribution in [1.82, 2.24) is 10.3 Å². The third-order valence-electron chi connectivity index (χ3n) is 2.92. The second-order valence-electron chi connectivity index (χ2n) is 4.76. The van der Waals surface area contributed by atoms with E-state index < -0.39 is 0 Å². The Bertz CT molecular complexity index is 595. The number of nitrogens with zero attached hydrogens (tertiary/aromatic N) is 1. The minimum atomic E-state index is -0.314. The maximum Gasteiger partial charge on any atom is 0.219 e. The number of ether oxygens (including phenoxy) is 1. The van der Waals surface area contributed by atoms with E-state index in [1.807, 2.05) is 13.1 Å². The molecule has 1 N–H and O–H groups in total. The van der Waals surface area contributed by atoms with E-state index in [4.69, 9.17) is 4.74 Å². The van der Waals surface area contributed by atoms with Crippen LogP contribution in [0.3, 0.4) is 0 Å². The van der Waals surface area contributed by atoms with Crippen LogP contribution in [0.15, 0.2) is 34.8 Å². The van der Waals surface area contributed by atoms with Gasteiger partial charge in [-0.3, -0.25) is 0 Å². The van der Waals surface area contributed by atoms with E-state index in [9.17, 15) is 4.39 Å². The lowest BCUT2D eigenvalue weighted by Gasteiger charge is -2.10. The number of pyridine rings is 1. The number of aromatic nitrogens is 1. The molecule has 1 aromatic heterocycles. The van der Waals surface area contributed by atoms with Gasteiger partial charge in [-0.2, -0.15) is 0 Å². The molecule has 112 valence electrons. The lowest BCUT2D eigenvalue weighted by Crippen LogP contribution is -2.06. The van der Waals surface area contributed by atoms with Crippen molar-refractivity contribution in [3.8, 4) is 11.6 Å². The van der Waals surface area contributed by atoms with Crippen LogP contribution in [0, 0.1) is 5.82 Å². The highest BCUT2D eigenvalue weighted by Gasteiger charge is 2.07. The molecule has 1 heterocycles. The molecule has 0 aliphatic heterocycles. The van der Waals surface area contributed by atoms with Crippen LogP contribution in [0.4, 0.5) is 4.39 Å². The molecule has 0 fully saturated rings. The second kappa shape index (κ2) is 7.52. The number of benzene rings is 1. The number of nitrogens with one attached hydrogen (secondary N) is 1. The molecule has 2 aromatic rings. The molecule has 0 unspecified atom stereocenters. The highest BCUT2D eigenvalue weighted by atomic mass is 79.9. The zero-order valence-corrected chi connectivity index (χ0v) is 13.7. The van der Waals surface area contributed by atoms with Gasteiger partial charge in [0.1, 0.15) is 11.6 Å². The number of halogens is 2. The summed E-state index contributed by atoms with van der Waals surface area (Å²) in [7, 11) is 1.90. The van der Waals surface area contributed by atoms with Crippen LogP contribution in [0.25, 0.3) is 0 Å². The van der Waals surface area contributed by atoms with Crippen molar-refractivity contribution in [1.29, 1.82) is 0 Å². The summed E-state index contributed by atoms with van der Waals surface area (Å²) in [6, 6.07) is 8.53. The maximum absolute atomic E-state index is 13.2. The van der Waals surface area contributed by atoms with E-state index in [1.165, 1.54) is 6.07 Å². The summed E-state index contributed by atoms with van der Waals surface area (Å²) in [5.41, 5.74) is 2.12. The Morgan fingerprint density at radius 1 is 1.29 bits per heavy atom. The van der Waals surface area contributed by atoms with E-state index in [2.05, 4.69) is 39.2 Å². The van der Waals surface area contributed by atoms with Crippen molar-refractivity contribution in [3.05, 3.63) is 51.9 Å². The van der Waals surface area contributed by atoms with Gasteiger partial charge in [0, 0.05) is 18.3 Å². The van der Waals surface area contributed by atoms with Gasteiger partial charge in [0.2, 0.25) is 5.88 Å². The molecule has 0 aliphatic rings. The molecule has 5 heteroatoms. The predicted molar refractivity (Wildman–Crippen MR) is 85.2 cm³/mol. The van der Waals surface area contributed by atoms with E-state index >= 15 is 0 Å². The van der Waals surface area contributed by atoms with Gasteiger partial charge < -0.3 is 10.1 Å². The quantitative estimate of drug-likeness (QED) is 0.833. The summed E-state index contributed by atoms with van der Waals surface area (Å²) >= 11 is 3.15. The van der Waals surface area contributed by atoms with Gasteiger partial charge in [-0.1, -0.05) is 13.3 Å². The zero-order chi connectivity index (χ0) is 15.2. The van der Waals surface area contributed by atoms with Crippen molar-refractivity contribution >= 4 is 15.9 Å². The first-order valence-electron chi connectivity index (χ1n) is 6.89. The van der Waals surface area contributed by atoms with Crippen LogP contribution in [0.1, 0.15) is 24.6 Å². The summed E-state index contributed by atoms with van der Waals surface area (Å²) in [5, 5.41) is 3.12. The molecule has 21 heavy (non-hydrogen) atoms. The molecule has 0 bridgehead atoms. The highest BCUT2D eigenvalue weighted by Crippen LogP contribution is 2.26. The molecule has 0 saturated carbocycles. The van der Waals surface area contributed by atoms with Crippen molar-refractivity contribution in [2.24, 2.45) is 0 Å². The number of rotatable bonds is 6. The molecule has 0 amide bonds. The number of hydrogen-bond donors (Lipinski definition) is 1. The SMILES string of the molecule is CCCc1cc(CNC)cc(Oc2ccc(F)c(Br)c2)n1. The fourth-order valence-corrected chi connectivity index (χ4v) is 2.38. The van der Waals surface area contributed by atoms with Gasteiger partial charge in [-0.05, 0) is 59.2 Å². The van der Waals surface area contributed by atoms with Crippen LogP contribution >= 0.6 is 15.9 Å². The first kappa shape index (κ1) is 15.9. The lowest BCUT2D eigenvalue weighted by molar-refractivity contribution is 0.457. The third-order valence-corrected chi connectivity index (χ3v) is 3.52. The summed E-state index contributed by atoms with van der Waals surface area (Å²) in [6.45, 7) is 2.87. The Hall–Kier alpha value is -1.46. The fourth-order valence-electron chi connectivity index (χ4n) is 2.02. The topological polar surface area (TPSA) is 34.1 Å². The van der Waals surface area contributed by atoms with Gasteiger partial charge in [-0.25, -0.2) is 9.37 Å². The Labute approximate surface area is 132 Å². The summed E-state index contributed by atoms with van der Waals surface area (Å²) in [6.07, 6.45) is 1.93. The number of aryl methyl sites for hydroxylation is 1. The normalized spacial score (nSPS) is 10.7. The first-order valence-corrected chi connectivity index (χ1v) is 7.69. The smallest absolute Gasteiger partial charge is 0.219 e. The molecule has 0 saturated heterocycles. The molecule has 1 aromatic carbocycles. The Kier molecular flexibility index (Phi) is 5.70. The Morgan fingerprint density at radius 3 is 2.76 bits per heavy atom. The van der Waals surface area contributed by atoms with Gasteiger partial charge in [-0.15, -0.1) is 0 Å². The van der Waals surface area contributed by atoms with Crippen LogP contribution < -0.4 is 10.1 Å². The Balaban J connectivity index is 2.26. The van der Waals surface area contributed by atoms with Crippen molar-refractivity contribution in [3.63, 3.8) is 0 Å². The molecule has 0 radical (unpaired) electrons. The predicted octanol–water partition coefficient (Wildman–Crippen LogP) is 4.45. The van der Waals surface area contributed by atoms with Gasteiger partial charge in [0.25, 0.3) is 0 Å². The van der Waals surface area contributed by atoms with Gasteiger partial charge >= 0.3 is 0 Å². The minimum Gasteiger partial charge on any atom is -0.439 e. The van der Waals surface area contributed by atoms with Crippen LogP contribution in [0.2, 0.25) is 0 Å².